The summed E-state index contributed by atoms with van der Waals surface area (Å²) in [5, 5.41) is 3.00. The van der Waals surface area contributed by atoms with E-state index in [-0.39, 0.29) is 11.9 Å². The van der Waals surface area contributed by atoms with Gasteiger partial charge in [0.1, 0.15) is 5.82 Å². The highest BCUT2D eigenvalue weighted by Crippen LogP contribution is 2.19. The highest BCUT2D eigenvalue weighted by Gasteiger charge is 2.02. The number of halogens is 2. The summed E-state index contributed by atoms with van der Waals surface area (Å²) in [5.41, 5.74) is 6.10. The smallest absolute Gasteiger partial charge is 0.146 e. The van der Waals surface area contributed by atoms with Gasteiger partial charge in [0.25, 0.3) is 0 Å². The number of nitrogens with one attached hydrogen (secondary N) is 1. The van der Waals surface area contributed by atoms with Crippen LogP contribution in [0.5, 0.6) is 0 Å². The summed E-state index contributed by atoms with van der Waals surface area (Å²) < 4.78 is 14.0. The van der Waals surface area contributed by atoms with Gasteiger partial charge in [0.05, 0.1) is 5.69 Å². The Balaban J connectivity index is 2.53. The third-order valence-corrected chi connectivity index (χ3v) is 2.34. The number of nitrogens with two attached hydrogens (primary N) is 1. The van der Waals surface area contributed by atoms with Crippen molar-refractivity contribution in [3.8, 4) is 0 Å². The molecule has 0 aliphatic rings. The minimum absolute atomic E-state index is 0.137. The second-order valence-corrected chi connectivity index (χ2v) is 4.23. The molecule has 0 spiro atoms. The molecule has 0 heterocycles. The van der Waals surface area contributed by atoms with E-state index in [1.165, 1.54) is 6.07 Å². The third-order valence-electron chi connectivity index (χ3n) is 1.84. The van der Waals surface area contributed by atoms with Crippen molar-refractivity contribution < 1.29 is 4.39 Å². The molecule has 0 saturated heterocycles. The van der Waals surface area contributed by atoms with Gasteiger partial charge in [-0.3, -0.25) is 0 Å². The maximum Gasteiger partial charge on any atom is 0.146 e. The Kier molecular flexibility index (Phi) is 4.35. The van der Waals surface area contributed by atoms with Gasteiger partial charge in [-0.05, 0) is 31.5 Å². The zero-order valence-corrected chi connectivity index (χ0v) is 9.64. The lowest BCUT2D eigenvalue weighted by Crippen LogP contribution is -2.19. The van der Waals surface area contributed by atoms with Crippen molar-refractivity contribution in [2.75, 3.05) is 11.9 Å². The number of rotatable bonds is 4. The van der Waals surface area contributed by atoms with Crippen LogP contribution in [0.15, 0.2) is 22.7 Å². The molecule has 1 aromatic carbocycles. The molecule has 1 unspecified atom stereocenters. The highest BCUT2D eigenvalue weighted by molar-refractivity contribution is 9.10. The number of anilines is 1. The zero-order valence-electron chi connectivity index (χ0n) is 8.06. The van der Waals surface area contributed by atoms with E-state index in [0.29, 0.717) is 12.2 Å². The van der Waals surface area contributed by atoms with Crippen LogP contribution in [-0.4, -0.2) is 12.6 Å². The van der Waals surface area contributed by atoms with Gasteiger partial charge >= 0.3 is 0 Å². The molecule has 0 aromatic heterocycles. The lowest BCUT2D eigenvalue weighted by molar-refractivity contribution is 0.626. The molecule has 78 valence electrons. The Morgan fingerprint density at radius 1 is 1.57 bits per heavy atom. The molecule has 0 aliphatic heterocycles. The number of hydrogen-bond donors (Lipinski definition) is 2. The van der Waals surface area contributed by atoms with Crippen LogP contribution in [0.1, 0.15) is 13.3 Å². The lowest BCUT2D eigenvalue weighted by atomic mass is 10.2. The Morgan fingerprint density at radius 2 is 2.29 bits per heavy atom. The Labute approximate surface area is 91.8 Å². The summed E-state index contributed by atoms with van der Waals surface area (Å²) in [6.45, 7) is 2.62. The van der Waals surface area contributed by atoms with E-state index >= 15 is 0 Å². The first kappa shape index (κ1) is 11.5. The standard InChI is InChI=1S/C10H14BrFN2/c1-7(13)4-5-14-10-6-8(11)2-3-9(10)12/h2-3,6-7,14H,4-5,13H2,1H3. The number of hydrogen-bond acceptors (Lipinski definition) is 2. The quantitative estimate of drug-likeness (QED) is 0.874. The predicted molar refractivity (Wildman–Crippen MR) is 60.9 cm³/mol. The topological polar surface area (TPSA) is 38.0 Å². The lowest BCUT2D eigenvalue weighted by Gasteiger charge is -2.09. The fourth-order valence-corrected chi connectivity index (χ4v) is 1.43. The monoisotopic (exact) mass is 260 g/mol. The van der Waals surface area contributed by atoms with Crippen molar-refractivity contribution in [2.45, 2.75) is 19.4 Å². The van der Waals surface area contributed by atoms with Crippen LogP contribution >= 0.6 is 15.9 Å². The third kappa shape index (κ3) is 3.64. The summed E-state index contributed by atoms with van der Waals surface area (Å²) in [7, 11) is 0. The van der Waals surface area contributed by atoms with Crippen molar-refractivity contribution in [1.29, 1.82) is 0 Å². The van der Waals surface area contributed by atoms with Crippen LogP contribution < -0.4 is 11.1 Å². The maximum absolute atomic E-state index is 13.2. The summed E-state index contributed by atoms with van der Waals surface area (Å²) >= 11 is 3.29. The molecular weight excluding hydrogens is 247 g/mol. The van der Waals surface area contributed by atoms with E-state index < -0.39 is 0 Å². The first-order chi connectivity index (χ1) is 6.59. The zero-order chi connectivity index (χ0) is 10.6. The Morgan fingerprint density at radius 3 is 2.93 bits per heavy atom. The molecule has 0 fully saturated rings. The molecule has 2 nitrogen and oxygen atoms in total. The van der Waals surface area contributed by atoms with E-state index in [0.717, 1.165) is 10.9 Å². The Bertz CT molecular complexity index is 302. The van der Waals surface area contributed by atoms with E-state index in [1.54, 1.807) is 12.1 Å². The molecule has 14 heavy (non-hydrogen) atoms. The van der Waals surface area contributed by atoms with Crippen LogP contribution in [0.25, 0.3) is 0 Å². The first-order valence-electron chi connectivity index (χ1n) is 4.54. The average molecular weight is 261 g/mol. The van der Waals surface area contributed by atoms with Gasteiger partial charge in [-0.2, -0.15) is 0 Å². The van der Waals surface area contributed by atoms with E-state index in [1.807, 2.05) is 6.92 Å². The van der Waals surface area contributed by atoms with Crippen molar-refractivity contribution in [3.63, 3.8) is 0 Å². The number of benzene rings is 1. The van der Waals surface area contributed by atoms with Crippen LogP contribution in [0.4, 0.5) is 10.1 Å². The summed E-state index contributed by atoms with van der Waals surface area (Å²) in [4.78, 5) is 0. The summed E-state index contributed by atoms with van der Waals surface area (Å²) in [6, 6.07) is 4.96. The highest BCUT2D eigenvalue weighted by atomic mass is 79.9. The normalized spacial score (nSPS) is 12.6. The van der Waals surface area contributed by atoms with Crippen LogP contribution in [0.2, 0.25) is 0 Å². The minimum Gasteiger partial charge on any atom is -0.383 e. The largest absolute Gasteiger partial charge is 0.383 e. The van der Waals surface area contributed by atoms with Crippen LogP contribution in [0, 0.1) is 5.82 Å². The molecule has 1 aromatic rings. The molecular formula is C10H14BrFN2. The average Bonchev–Trinajstić information content (AvgIpc) is 2.10. The molecule has 0 saturated carbocycles. The van der Waals surface area contributed by atoms with E-state index in [4.69, 9.17) is 5.73 Å². The van der Waals surface area contributed by atoms with Crippen molar-refractivity contribution in [1.82, 2.24) is 0 Å². The summed E-state index contributed by atoms with van der Waals surface area (Å²) in [6.07, 6.45) is 0.825. The molecule has 0 bridgehead atoms. The van der Waals surface area contributed by atoms with Crippen LogP contribution in [0.3, 0.4) is 0 Å². The molecule has 0 radical (unpaired) electrons. The van der Waals surface area contributed by atoms with Gasteiger partial charge in [0.2, 0.25) is 0 Å². The van der Waals surface area contributed by atoms with Gasteiger partial charge in [0.15, 0.2) is 0 Å². The van der Waals surface area contributed by atoms with Gasteiger partial charge in [0, 0.05) is 17.1 Å². The minimum atomic E-state index is -0.238. The molecule has 0 aliphatic carbocycles. The summed E-state index contributed by atoms with van der Waals surface area (Å²) in [5.74, 6) is -0.238. The van der Waals surface area contributed by atoms with Gasteiger partial charge in [-0.1, -0.05) is 15.9 Å². The molecule has 0 amide bonds. The maximum atomic E-state index is 13.2. The fraction of sp³-hybridized carbons (Fsp3) is 0.400. The SMILES string of the molecule is CC(N)CCNc1cc(Br)ccc1F. The van der Waals surface area contributed by atoms with Crippen LogP contribution in [-0.2, 0) is 0 Å². The molecule has 4 heteroatoms. The van der Waals surface area contributed by atoms with E-state index in [2.05, 4.69) is 21.2 Å². The Hall–Kier alpha value is -0.610. The first-order valence-corrected chi connectivity index (χ1v) is 5.33. The molecule has 3 N–H and O–H groups in total. The second kappa shape index (κ2) is 5.32. The second-order valence-electron chi connectivity index (χ2n) is 3.32. The van der Waals surface area contributed by atoms with Crippen molar-refractivity contribution in [3.05, 3.63) is 28.5 Å². The molecule has 1 rings (SSSR count). The fourth-order valence-electron chi connectivity index (χ4n) is 1.07. The van der Waals surface area contributed by atoms with Gasteiger partial charge in [-0.15, -0.1) is 0 Å². The predicted octanol–water partition coefficient (Wildman–Crippen LogP) is 2.74. The molecule has 1 atom stereocenters. The van der Waals surface area contributed by atoms with Gasteiger partial charge in [-0.25, -0.2) is 4.39 Å². The van der Waals surface area contributed by atoms with Gasteiger partial charge < -0.3 is 11.1 Å². The van der Waals surface area contributed by atoms with E-state index in [9.17, 15) is 4.39 Å². The van der Waals surface area contributed by atoms with Crippen molar-refractivity contribution in [2.24, 2.45) is 5.73 Å². The van der Waals surface area contributed by atoms with Crippen molar-refractivity contribution >= 4 is 21.6 Å².